The van der Waals surface area contributed by atoms with Gasteiger partial charge in [-0.1, -0.05) is 73.5 Å². The van der Waals surface area contributed by atoms with Crippen LogP contribution in [0.2, 0.25) is 0 Å². The number of aryl methyl sites for hydroxylation is 2. The summed E-state index contributed by atoms with van der Waals surface area (Å²) in [4.78, 5) is 13.0. The minimum atomic E-state index is -3.86. The maximum atomic E-state index is 13.4. The monoisotopic (exact) mass is 450 g/mol. The summed E-state index contributed by atoms with van der Waals surface area (Å²) in [6.07, 6.45) is 0. The van der Waals surface area contributed by atoms with Crippen molar-refractivity contribution >= 4 is 21.6 Å². The molecule has 0 radical (unpaired) electrons. The number of hydrogen-bond acceptors (Lipinski definition) is 3. The van der Waals surface area contributed by atoms with Crippen LogP contribution < -0.4 is 5.32 Å². The van der Waals surface area contributed by atoms with Crippen LogP contribution in [-0.4, -0.2) is 25.2 Å². The number of amides is 1. The molecule has 168 valence electrons. The first-order valence-electron chi connectivity index (χ1n) is 10.7. The molecule has 0 saturated carbocycles. The lowest BCUT2D eigenvalue weighted by Gasteiger charge is -2.22. The molecule has 1 N–H and O–H groups in total. The van der Waals surface area contributed by atoms with E-state index in [4.69, 9.17) is 0 Å². The van der Waals surface area contributed by atoms with Crippen LogP contribution >= 0.6 is 0 Å². The molecule has 0 aliphatic heterocycles. The van der Waals surface area contributed by atoms with E-state index >= 15 is 0 Å². The molecule has 0 aromatic heterocycles. The fraction of sp³-hybridized carbons (Fsp3) is 0.269. The first-order chi connectivity index (χ1) is 15.1. The highest BCUT2D eigenvalue weighted by Gasteiger charge is 2.27. The van der Waals surface area contributed by atoms with E-state index in [1.54, 1.807) is 24.3 Å². The van der Waals surface area contributed by atoms with Crippen LogP contribution in [-0.2, 0) is 21.4 Å². The summed E-state index contributed by atoms with van der Waals surface area (Å²) in [5.41, 5.74) is 4.64. The predicted octanol–water partition coefficient (Wildman–Crippen LogP) is 5.26. The summed E-state index contributed by atoms with van der Waals surface area (Å²) in [5, 5.41) is 2.82. The molecule has 0 saturated heterocycles. The maximum absolute atomic E-state index is 13.4. The van der Waals surface area contributed by atoms with Gasteiger partial charge in [-0.3, -0.25) is 4.79 Å². The van der Waals surface area contributed by atoms with Crippen molar-refractivity contribution < 1.29 is 13.2 Å². The van der Waals surface area contributed by atoms with Gasteiger partial charge in [0, 0.05) is 12.2 Å². The Bertz CT molecular complexity index is 1170. The Morgan fingerprint density at radius 2 is 1.56 bits per heavy atom. The molecule has 32 heavy (non-hydrogen) atoms. The van der Waals surface area contributed by atoms with Gasteiger partial charge in [-0.25, -0.2) is 8.42 Å². The zero-order chi connectivity index (χ0) is 23.3. The third-order valence-corrected chi connectivity index (χ3v) is 7.09. The van der Waals surface area contributed by atoms with Gasteiger partial charge < -0.3 is 5.32 Å². The first kappa shape index (κ1) is 23.7. The third kappa shape index (κ3) is 6.05. The van der Waals surface area contributed by atoms with Crippen LogP contribution in [0, 0.1) is 13.8 Å². The topological polar surface area (TPSA) is 66.5 Å². The van der Waals surface area contributed by atoms with Crippen LogP contribution in [0.3, 0.4) is 0 Å². The average molecular weight is 451 g/mol. The summed E-state index contributed by atoms with van der Waals surface area (Å²) >= 11 is 0. The Hall–Kier alpha value is -2.96. The van der Waals surface area contributed by atoms with Crippen LogP contribution in [0.15, 0.2) is 77.7 Å². The molecule has 0 atom stereocenters. The van der Waals surface area contributed by atoms with E-state index < -0.39 is 10.0 Å². The zero-order valence-electron chi connectivity index (χ0n) is 19.0. The second-order valence-corrected chi connectivity index (χ2v) is 10.3. The number of anilines is 1. The van der Waals surface area contributed by atoms with Gasteiger partial charge in [-0.15, -0.1) is 0 Å². The number of carbonyl (C=O) groups excluding carboxylic acids is 1. The normalized spacial score (nSPS) is 11.7. The van der Waals surface area contributed by atoms with Gasteiger partial charge in [0.1, 0.15) is 0 Å². The molecule has 3 aromatic rings. The molecule has 6 heteroatoms. The predicted molar refractivity (Wildman–Crippen MR) is 129 cm³/mol. The van der Waals surface area contributed by atoms with Crippen molar-refractivity contribution in [1.29, 1.82) is 0 Å². The van der Waals surface area contributed by atoms with E-state index in [2.05, 4.69) is 19.2 Å². The standard InChI is InChI=1S/C26H30N2O3S/c1-19(2)23-10-12-24(13-11-23)27-26(29)18-28(17-22-7-5-6-21(4)16-22)32(30,31)25-14-8-20(3)9-15-25/h5-16,19H,17-18H2,1-4H3,(H,27,29). The highest BCUT2D eigenvalue weighted by Crippen LogP contribution is 2.21. The quantitative estimate of drug-likeness (QED) is 0.509. The average Bonchev–Trinajstić information content (AvgIpc) is 2.74. The minimum absolute atomic E-state index is 0.109. The number of nitrogens with one attached hydrogen (secondary N) is 1. The van der Waals surface area contributed by atoms with Crippen LogP contribution in [0.4, 0.5) is 5.69 Å². The van der Waals surface area contributed by atoms with E-state index in [1.807, 2.05) is 62.4 Å². The van der Waals surface area contributed by atoms with Gasteiger partial charge in [0.25, 0.3) is 0 Å². The van der Waals surface area contributed by atoms with Crippen molar-refractivity contribution in [2.75, 3.05) is 11.9 Å². The molecule has 3 aromatic carbocycles. The number of rotatable bonds is 8. The zero-order valence-corrected chi connectivity index (χ0v) is 19.8. The Balaban J connectivity index is 1.84. The van der Waals surface area contributed by atoms with Crippen molar-refractivity contribution in [2.24, 2.45) is 0 Å². The SMILES string of the molecule is Cc1ccc(S(=O)(=O)N(CC(=O)Nc2ccc(C(C)C)cc2)Cc2cccc(C)c2)cc1. The van der Waals surface area contributed by atoms with Crippen LogP contribution in [0.5, 0.6) is 0 Å². The van der Waals surface area contributed by atoms with Gasteiger partial charge >= 0.3 is 0 Å². The lowest BCUT2D eigenvalue weighted by Crippen LogP contribution is -2.37. The van der Waals surface area contributed by atoms with Gasteiger partial charge in [0.2, 0.25) is 15.9 Å². The highest BCUT2D eigenvalue weighted by molar-refractivity contribution is 7.89. The van der Waals surface area contributed by atoms with E-state index in [9.17, 15) is 13.2 Å². The summed E-state index contributed by atoms with van der Waals surface area (Å²) in [6.45, 7) is 7.89. The number of carbonyl (C=O) groups is 1. The van der Waals surface area contributed by atoms with Crippen molar-refractivity contribution in [3.63, 3.8) is 0 Å². The fourth-order valence-electron chi connectivity index (χ4n) is 3.41. The third-order valence-electron chi connectivity index (χ3n) is 5.28. The number of sulfonamides is 1. The summed E-state index contributed by atoms with van der Waals surface area (Å²) in [5.74, 6) is 0.00913. The molecular formula is C26H30N2O3S. The Kier molecular flexibility index (Phi) is 7.48. The van der Waals surface area contributed by atoms with Crippen molar-refractivity contribution in [3.05, 3.63) is 95.1 Å². The molecule has 0 heterocycles. The van der Waals surface area contributed by atoms with Crippen LogP contribution in [0.25, 0.3) is 0 Å². The summed E-state index contributed by atoms with van der Waals surface area (Å²) < 4.78 is 28.0. The molecule has 0 aliphatic carbocycles. The molecule has 3 rings (SSSR count). The van der Waals surface area contributed by atoms with E-state index in [1.165, 1.54) is 9.87 Å². The fourth-order valence-corrected chi connectivity index (χ4v) is 4.80. The van der Waals surface area contributed by atoms with Crippen molar-refractivity contribution in [1.82, 2.24) is 4.31 Å². The Morgan fingerprint density at radius 1 is 0.906 bits per heavy atom. The number of benzene rings is 3. The number of nitrogens with zero attached hydrogens (tertiary/aromatic N) is 1. The summed E-state index contributed by atoms with van der Waals surface area (Å²) in [7, 11) is -3.86. The molecular weight excluding hydrogens is 420 g/mol. The second kappa shape index (κ2) is 10.1. The molecule has 0 spiro atoms. The van der Waals surface area contributed by atoms with Crippen molar-refractivity contribution in [3.8, 4) is 0 Å². The van der Waals surface area contributed by atoms with Crippen LogP contribution in [0.1, 0.15) is 42.0 Å². The van der Waals surface area contributed by atoms with Gasteiger partial charge in [0.15, 0.2) is 0 Å². The molecule has 0 bridgehead atoms. The summed E-state index contributed by atoms with van der Waals surface area (Å²) in [6, 6.07) is 21.9. The smallest absolute Gasteiger partial charge is 0.243 e. The lowest BCUT2D eigenvalue weighted by atomic mass is 10.0. The maximum Gasteiger partial charge on any atom is 0.243 e. The van der Waals surface area contributed by atoms with E-state index in [-0.39, 0.29) is 23.9 Å². The molecule has 1 amide bonds. The Labute approximate surface area is 191 Å². The highest BCUT2D eigenvalue weighted by atomic mass is 32.2. The van der Waals surface area contributed by atoms with E-state index in [0.29, 0.717) is 11.6 Å². The molecule has 0 aliphatic rings. The Morgan fingerprint density at radius 3 is 2.16 bits per heavy atom. The molecule has 5 nitrogen and oxygen atoms in total. The van der Waals surface area contributed by atoms with E-state index in [0.717, 1.165) is 16.7 Å². The van der Waals surface area contributed by atoms with Crippen molar-refractivity contribution in [2.45, 2.75) is 45.1 Å². The second-order valence-electron chi connectivity index (χ2n) is 8.40. The number of hydrogen-bond donors (Lipinski definition) is 1. The molecule has 0 unspecified atom stereocenters. The van der Waals surface area contributed by atoms with Gasteiger partial charge in [-0.2, -0.15) is 4.31 Å². The first-order valence-corrected chi connectivity index (χ1v) is 12.1. The molecule has 0 fully saturated rings. The van der Waals surface area contributed by atoms with Gasteiger partial charge in [-0.05, 0) is 55.2 Å². The lowest BCUT2D eigenvalue weighted by molar-refractivity contribution is -0.116. The minimum Gasteiger partial charge on any atom is -0.325 e. The van der Waals surface area contributed by atoms with Gasteiger partial charge in [0.05, 0.1) is 11.4 Å². The largest absolute Gasteiger partial charge is 0.325 e.